The van der Waals surface area contributed by atoms with Gasteiger partial charge >= 0.3 is 0 Å². The maximum Gasteiger partial charge on any atom is 0.164 e. The summed E-state index contributed by atoms with van der Waals surface area (Å²) in [6, 6.07) is 64.1. The van der Waals surface area contributed by atoms with Crippen LogP contribution in [0.15, 0.2) is 186 Å². The third-order valence-corrected chi connectivity index (χ3v) is 12.2. The first-order valence-electron chi connectivity index (χ1n) is 20.1. The van der Waals surface area contributed by atoms with Gasteiger partial charge in [0.25, 0.3) is 0 Å². The van der Waals surface area contributed by atoms with E-state index >= 15 is 0 Å². The summed E-state index contributed by atoms with van der Waals surface area (Å²) >= 11 is 0. The fraction of sp³-hybridized carbons (Fsp3) is 0.0556. The molecular weight excluding hydrogens is 721 g/mol. The molecule has 278 valence electrons. The second kappa shape index (κ2) is 12.7. The van der Waals surface area contributed by atoms with E-state index in [1.165, 1.54) is 44.1 Å². The molecule has 12 rings (SSSR count). The highest BCUT2D eigenvalue weighted by Gasteiger charge is 2.36. The molecule has 59 heavy (non-hydrogen) atoms. The van der Waals surface area contributed by atoms with Crippen molar-refractivity contribution in [3.63, 3.8) is 0 Å². The number of benzene rings is 8. The summed E-state index contributed by atoms with van der Waals surface area (Å²) in [5, 5.41) is 4.58. The molecule has 3 aromatic heterocycles. The Balaban J connectivity index is 1.03. The topological polar surface area (TPSA) is 56.7 Å². The Labute approximate surface area is 340 Å². The molecule has 0 amide bonds. The Morgan fingerprint density at radius 1 is 0.407 bits per heavy atom. The smallest absolute Gasteiger partial charge is 0.164 e. The van der Waals surface area contributed by atoms with Crippen molar-refractivity contribution in [1.29, 1.82) is 0 Å². The van der Waals surface area contributed by atoms with Crippen molar-refractivity contribution in [2.75, 3.05) is 0 Å². The van der Waals surface area contributed by atoms with Gasteiger partial charge in [0.2, 0.25) is 0 Å². The average Bonchev–Trinajstić information content (AvgIpc) is 3.91. The molecule has 0 saturated heterocycles. The number of fused-ring (bicyclic) bond motifs is 9. The fourth-order valence-corrected chi connectivity index (χ4v) is 9.37. The van der Waals surface area contributed by atoms with E-state index < -0.39 is 0 Å². The van der Waals surface area contributed by atoms with E-state index in [0.717, 1.165) is 55.4 Å². The quantitative estimate of drug-likeness (QED) is 0.175. The van der Waals surface area contributed by atoms with Crippen molar-refractivity contribution in [1.82, 2.24) is 19.5 Å². The highest BCUT2D eigenvalue weighted by atomic mass is 16.3. The monoisotopic (exact) mass is 756 g/mol. The van der Waals surface area contributed by atoms with Gasteiger partial charge < -0.3 is 8.98 Å². The maximum absolute atomic E-state index is 6.74. The van der Waals surface area contributed by atoms with E-state index in [-0.39, 0.29) is 5.41 Å². The molecule has 0 aliphatic heterocycles. The molecule has 0 spiro atoms. The lowest BCUT2D eigenvalue weighted by molar-refractivity contribution is 0.661. The minimum Gasteiger partial charge on any atom is -0.456 e. The third-order valence-electron chi connectivity index (χ3n) is 12.2. The molecule has 5 nitrogen and oxygen atoms in total. The van der Waals surface area contributed by atoms with E-state index in [4.69, 9.17) is 19.4 Å². The lowest BCUT2D eigenvalue weighted by Crippen LogP contribution is -2.14. The first-order valence-corrected chi connectivity index (χ1v) is 20.1. The van der Waals surface area contributed by atoms with Crippen LogP contribution in [0, 0.1) is 0 Å². The number of aromatic nitrogens is 4. The van der Waals surface area contributed by atoms with Gasteiger partial charge in [0.05, 0.1) is 22.1 Å². The van der Waals surface area contributed by atoms with Crippen LogP contribution in [0.1, 0.15) is 25.0 Å². The van der Waals surface area contributed by atoms with Crippen molar-refractivity contribution >= 4 is 43.7 Å². The molecule has 0 fully saturated rings. The SMILES string of the molecule is CC1(C)c2ccccc2-c2cc3c4ccccc4n(-c4cccc5oc6cc(-c7nc(-c8ccccc8)nc(-c8cccc(-c9ccccc9)c8)n7)ccc6c45)c3cc21. The van der Waals surface area contributed by atoms with E-state index in [0.29, 0.717) is 17.5 Å². The van der Waals surface area contributed by atoms with E-state index in [2.05, 4.69) is 164 Å². The first-order chi connectivity index (χ1) is 29.0. The molecule has 0 saturated carbocycles. The number of furan rings is 1. The Bertz CT molecular complexity index is 3470. The highest BCUT2D eigenvalue weighted by molar-refractivity contribution is 6.15. The zero-order valence-electron chi connectivity index (χ0n) is 32.5. The number of rotatable bonds is 5. The van der Waals surface area contributed by atoms with Gasteiger partial charge in [0, 0.05) is 38.3 Å². The van der Waals surface area contributed by atoms with Crippen molar-refractivity contribution in [3.8, 4) is 62.1 Å². The normalized spacial score (nSPS) is 13.1. The number of hydrogen-bond acceptors (Lipinski definition) is 4. The summed E-state index contributed by atoms with van der Waals surface area (Å²) in [6.07, 6.45) is 0. The predicted octanol–water partition coefficient (Wildman–Crippen LogP) is 13.8. The number of para-hydroxylation sites is 1. The van der Waals surface area contributed by atoms with Crippen LogP contribution in [0.25, 0.3) is 106 Å². The van der Waals surface area contributed by atoms with Gasteiger partial charge in [-0.3, -0.25) is 0 Å². The van der Waals surface area contributed by atoms with Gasteiger partial charge in [0.15, 0.2) is 17.5 Å². The van der Waals surface area contributed by atoms with Crippen molar-refractivity contribution < 1.29 is 4.42 Å². The summed E-state index contributed by atoms with van der Waals surface area (Å²) in [7, 11) is 0. The standard InChI is InChI=1S/C54H36N4O/c1-54(2)43-23-11-9-21-38(43)41-31-42-39-22-10-12-24-45(39)58(47(42)32-44(41)54)46-25-14-26-48-50(46)40-28-27-37(30-49(40)59-48)53-56-51(34-17-7-4-8-18-34)55-52(57-53)36-20-13-19-35(29-36)33-15-5-3-6-16-33/h3-32H,1-2H3. The molecule has 8 aromatic carbocycles. The fourth-order valence-electron chi connectivity index (χ4n) is 9.37. The summed E-state index contributed by atoms with van der Waals surface area (Å²) in [5.74, 6) is 1.82. The summed E-state index contributed by atoms with van der Waals surface area (Å²) < 4.78 is 9.17. The molecule has 0 atom stereocenters. The van der Waals surface area contributed by atoms with Gasteiger partial charge in [-0.15, -0.1) is 0 Å². The summed E-state index contributed by atoms with van der Waals surface area (Å²) in [6.45, 7) is 4.69. The largest absolute Gasteiger partial charge is 0.456 e. The van der Waals surface area contributed by atoms with Gasteiger partial charge in [-0.05, 0) is 81.9 Å². The van der Waals surface area contributed by atoms with Gasteiger partial charge in [0.1, 0.15) is 11.2 Å². The lowest BCUT2D eigenvalue weighted by atomic mass is 9.82. The number of nitrogens with zero attached hydrogens (tertiary/aromatic N) is 4. The molecule has 1 aliphatic carbocycles. The van der Waals surface area contributed by atoms with E-state index in [1.54, 1.807) is 0 Å². The van der Waals surface area contributed by atoms with Gasteiger partial charge in [-0.1, -0.05) is 147 Å². The van der Waals surface area contributed by atoms with Crippen LogP contribution in [0.4, 0.5) is 0 Å². The molecule has 11 aromatic rings. The van der Waals surface area contributed by atoms with Crippen molar-refractivity contribution in [2.24, 2.45) is 0 Å². The van der Waals surface area contributed by atoms with Crippen LogP contribution in [0.5, 0.6) is 0 Å². The second-order valence-corrected chi connectivity index (χ2v) is 16.0. The minimum absolute atomic E-state index is 0.119. The van der Waals surface area contributed by atoms with Crippen LogP contribution in [0.2, 0.25) is 0 Å². The van der Waals surface area contributed by atoms with Crippen LogP contribution < -0.4 is 0 Å². The van der Waals surface area contributed by atoms with Gasteiger partial charge in [-0.25, -0.2) is 15.0 Å². The Kier molecular flexibility index (Phi) is 7.20. The average molecular weight is 757 g/mol. The van der Waals surface area contributed by atoms with Crippen LogP contribution >= 0.6 is 0 Å². The van der Waals surface area contributed by atoms with Crippen LogP contribution in [-0.2, 0) is 5.41 Å². The van der Waals surface area contributed by atoms with Crippen LogP contribution in [0.3, 0.4) is 0 Å². The highest BCUT2D eigenvalue weighted by Crippen LogP contribution is 2.51. The molecular formula is C54H36N4O. The molecule has 5 heteroatoms. The van der Waals surface area contributed by atoms with Crippen molar-refractivity contribution in [3.05, 3.63) is 193 Å². The minimum atomic E-state index is -0.119. The van der Waals surface area contributed by atoms with E-state index in [9.17, 15) is 0 Å². The zero-order valence-corrected chi connectivity index (χ0v) is 32.5. The summed E-state index contributed by atoms with van der Waals surface area (Å²) in [5.41, 5.74) is 15.2. The molecule has 3 heterocycles. The van der Waals surface area contributed by atoms with Gasteiger partial charge in [-0.2, -0.15) is 0 Å². The zero-order chi connectivity index (χ0) is 39.2. The summed E-state index contributed by atoms with van der Waals surface area (Å²) in [4.78, 5) is 15.2. The van der Waals surface area contributed by atoms with E-state index in [1.807, 2.05) is 36.4 Å². The molecule has 0 unspecified atom stereocenters. The Morgan fingerprint density at radius 2 is 1.05 bits per heavy atom. The molecule has 0 radical (unpaired) electrons. The Morgan fingerprint density at radius 3 is 1.86 bits per heavy atom. The number of hydrogen-bond donors (Lipinski definition) is 0. The van der Waals surface area contributed by atoms with Crippen LogP contribution in [-0.4, -0.2) is 19.5 Å². The predicted molar refractivity (Wildman–Crippen MR) is 241 cm³/mol. The molecule has 0 bridgehead atoms. The maximum atomic E-state index is 6.74. The molecule has 0 N–H and O–H groups in total. The Hall–Kier alpha value is -7.63. The lowest BCUT2D eigenvalue weighted by Gasteiger charge is -2.21. The third kappa shape index (κ3) is 5.14. The second-order valence-electron chi connectivity index (χ2n) is 16.0. The first kappa shape index (κ1) is 33.5. The molecule has 1 aliphatic rings. The van der Waals surface area contributed by atoms with Crippen molar-refractivity contribution in [2.45, 2.75) is 19.3 Å².